The highest BCUT2D eigenvalue weighted by molar-refractivity contribution is 5.92. The van der Waals surface area contributed by atoms with Gasteiger partial charge in [-0.25, -0.2) is 4.79 Å². The normalized spacial score (nSPS) is 22.3. The Morgan fingerprint density at radius 1 is 1.44 bits per heavy atom. The summed E-state index contributed by atoms with van der Waals surface area (Å²) in [4.78, 5) is 16.4. The van der Waals surface area contributed by atoms with Gasteiger partial charge in [0.15, 0.2) is 0 Å². The fourth-order valence-electron chi connectivity index (χ4n) is 1.49. The molecule has 1 atom stereocenters. The number of carbonyl (C=O) groups excluding carboxylic acids is 1. The monoisotopic (exact) mass is 219 g/mol. The van der Waals surface area contributed by atoms with Crippen molar-refractivity contribution in [1.82, 2.24) is 0 Å². The molecule has 1 heterocycles. The Labute approximate surface area is 93.9 Å². The number of carbonyl (C=O) groups is 1. The Hall–Kier alpha value is -1.68. The predicted octanol–water partition coefficient (Wildman–Crippen LogP) is 2.01. The SMILES string of the molecule is CC1OCC/C1=N\OC(=O)c1ccccc1. The second-order valence-corrected chi connectivity index (χ2v) is 3.59. The Bertz CT molecular complexity index is 400. The summed E-state index contributed by atoms with van der Waals surface area (Å²) in [7, 11) is 0. The molecule has 2 rings (SSSR count). The largest absolute Gasteiger partial charge is 0.372 e. The van der Waals surface area contributed by atoms with Crippen molar-refractivity contribution < 1.29 is 14.4 Å². The lowest BCUT2D eigenvalue weighted by Crippen LogP contribution is -2.12. The number of rotatable bonds is 2. The Balaban J connectivity index is 1.98. The van der Waals surface area contributed by atoms with Crippen molar-refractivity contribution in [3.63, 3.8) is 0 Å². The first-order valence-electron chi connectivity index (χ1n) is 5.22. The predicted molar refractivity (Wildman–Crippen MR) is 59.3 cm³/mol. The minimum Gasteiger partial charge on any atom is -0.372 e. The molecule has 0 N–H and O–H groups in total. The molecule has 0 spiro atoms. The molecule has 0 aliphatic carbocycles. The second kappa shape index (κ2) is 4.90. The molecule has 1 fully saturated rings. The molecule has 0 bridgehead atoms. The van der Waals surface area contributed by atoms with E-state index in [0.717, 1.165) is 12.1 Å². The van der Waals surface area contributed by atoms with Gasteiger partial charge in [0, 0.05) is 6.42 Å². The zero-order chi connectivity index (χ0) is 11.4. The van der Waals surface area contributed by atoms with Gasteiger partial charge in [-0.15, -0.1) is 0 Å². The summed E-state index contributed by atoms with van der Waals surface area (Å²) in [5.74, 6) is -0.438. The summed E-state index contributed by atoms with van der Waals surface area (Å²) in [6, 6.07) is 8.79. The minimum absolute atomic E-state index is 0.0522. The molecule has 1 aliphatic heterocycles. The van der Waals surface area contributed by atoms with Crippen molar-refractivity contribution in [3.05, 3.63) is 35.9 Å². The fraction of sp³-hybridized carbons (Fsp3) is 0.333. The highest BCUT2D eigenvalue weighted by atomic mass is 16.7. The van der Waals surface area contributed by atoms with E-state index in [1.807, 2.05) is 13.0 Å². The lowest BCUT2D eigenvalue weighted by atomic mass is 10.2. The molecule has 1 saturated heterocycles. The Morgan fingerprint density at radius 3 is 2.81 bits per heavy atom. The van der Waals surface area contributed by atoms with E-state index >= 15 is 0 Å². The van der Waals surface area contributed by atoms with Crippen LogP contribution < -0.4 is 0 Å². The average molecular weight is 219 g/mol. The van der Waals surface area contributed by atoms with Crippen LogP contribution in [0.25, 0.3) is 0 Å². The number of hydrogen-bond acceptors (Lipinski definition) is 4. The number of hydrogen-bond donors (Lipinski definition) is 0. The van der Waals surface area contributed by atoms with E-state index in [2.05, 4.69) is 5.16 Å². The molecular formula is C12H13NO3. The van der Waals surface area contributed by atoms with Gasteiger partial charge in [-0.1, -0.05) is 23.4 Å². The van der Waals surface area contributed by atoms with Crippen molar-refractivity contribution in [2.75, 3.05) is 6.61 Å². The van der Waals surface area contributed by atoms with Crippen molar-refractivity contribution >= 4 is 11.7 Å². The summed E-state index contributed by atoms with van der Waals surface area (Å²) < 4.78 is 5.28. The smallest absolute Gasteiger partial charge is 0.365 e. The maximum atomic E-state index is 11.5. The van der Waals surface area contributed by atoms with Gasteiger partial charge < -0.3 is 9.57 Å². The van der Waals surface area contributed by atoms with Crippen molar-refractivity contribution in [2.45, 2.75) is 19.4 Å². The molecule has 1 unspecified atom stereocenters. The highest BCUT2D eigenvalue weighted by Crippen LogP contribution is 2.10. The molecule has 0 saturated carbocycles. The highest BCUT2D eigenvalue weighted by Gasteiger charge is 2.19. The zero-order valence-electron chi connectivity index (χ0n) is 9.05. The topological polar surface area (TPSA) is 47.9 Å². The maximum Gasteiger partial charge on any atom is 0.365 e. The molecule has 0 radical (unpaired) electrons. The van der Waals surface area contributed by atoms with Crippen LogP contribution in [-0.4, -0.2) is 24.4 Å². The lowest BCUT2D eigenvalue weighted by Gasteiger charge is -2.02. The van der Waals surface area contributed by atoms with Crippen molar-refractivity contribution in [1.29, 1.82) is 0 Å². The molecule has 1 aromatic carbocycles. The van der Waals surface area contributed by atoms with Crippen LogP contribution in [0.15, 0.2) is 35.5 Å². The van der Waals surface area contributed by atoms with Crippen LogP contribution in [0.5, 0.6) is 0 Å². The molecule has 4 nitrogen and oxygen atoms in total. The molecule has 4 heteroatoms. The summed E-state index contributed by atoms with van der Waals surface area (Å²) in [5.41, 5.74) is 1.28. The van der Waals surface area contributed by atoms with Crippen LogP contribution >= 0.6 is 0 Å². The number of oxime groups is 1. The molecule has 84 valence electrons. The molecular weight excluding hydrogens is 206 g/mol. The van der Waals surface area contributed by atoms with E-state index in [1.165, 1.54) is 0 Å². The van der Waals surface area contributed by atoms with Gasteiger partial charge in [-0.2, -0.15) is 0 Å². The number of nitrogens with zero attached hydrogens (tertiary/aromatic N) is 1. The van der Waals surface area contributed by atoms with Gasteiger partial charge >= 0.3 is 5.97 Å². The number of benzene rings is 1. The van der Waals surface area contributed by atoms with E-state index < -0.39 is 5.97 Å². The first kappa shape index (κ1) is 10.8. The average Bonchev–Trinajstić information content (AvgIpc) is 2.73. The summed E-state index contributed by atoms with van der Waals surface area (Å²) in [5, 5.41) is 3.82. The van der Waals surface area contributed by atoms with Crippen LogP contribution in [0.1, 0.15) is 23.7 Å². The maximum absolute atomic E-state index is 11.5. The summed E-state index contributed by atoms with van der Waals surface area (Å²) in [6.45, 7) is 2.53. The first-order valence-corrected chi connectivity index (χ1v) is 5.22. The van der Waals surface area contributed by atoms with E-state index in [-0.39, 0.29) is 6.10 Å². The Morgan fingerprint density at radius 2 is 2.19 bits per heavy atom. The minimum atomic E-state index is -0.438. The van der Waals surface area contributed by atoms with Gasteiger partial charge in [0.25, 0.3) is 0 Å². The number of ether oxygens (including phenoxy) is 1. The third-order valence-corrected chi connectivity index (χ3v) is 2.45. The van der Waals surface area contributed by atoms with Gasteiger partial charge in [-0.05, 0) is 19.1 Å². The van der Waals surface area contributed by atoms with Gasteiger partial charge in [0.2, 0.25) is 0 Å². The third-order valence-electron chi connectivity index (χ3n) is 2.45. The van der Waals surface area contributed by atoms with Crippen LogP contribution in [0, 0.1) is 0 Å². The standard InChI is InChI=1S/C12H13NO3/c1-9-11(7-8-15-9)13-16-12(14)10-5-3-2-4-6-10/h2-6,9H,7-8H2,1H3/b13-11+. The molecule has 16 heavy (non-hydrogen) atoms. The quantitative estimate of drug-likeness (QED) is 0.564. The molecule has 1 aliphatic rings. The summed E-state index contributed by atoms with van der Waals surface area (Å²) in [6.07, 6.45) is 0.673. The van der Waals surface area contributed by atoms with E-state index in [0.29, 0.717) is 12.2 Å². The fourth-order valence-corrected chi connectivity index (χ4v) is 1.49. The van der Waals surface area contributed by atoms with Gasteiger partial charge in [0.05, 0.1) is 24.0 Å². The first-order chi connectivity index (χ1) is 7.77. The second-order valence-electron chi connectivity index (χ2n) is 3.59. The van der Waals surface area contributed by atoms with E-state index in [4.69, 9.17) is 9.57 Å². The van der Waals surface area contributed by atoms with Crippen LogP contribution in [-0.2, 0) is 9.57 Å². The van der Waals surface area contributed by atoms with Crippen molar-refractivity contribution in [2.24, 2.45) is 5.16 Å². The van der Waals surface area contributed by atoms with Crippen molar-refractivity contribution in [3.8, 4) is 0 Å². The molecule has 1 aromatic rings. The van der Waals surface area contributed by atoms with Gasteiger partial charge in [-0.3, -0.25) is 0 Å². The molecule has 0 aromatic heterocycles. The van der Waals surface area contributed by atoms with Crippen LogP contribution in [0.4, 0.5) is 0 Å². The van der Waals surface area contributed by atoms with Gasteiger partial charge in [0.1, 0.15) is 0 Å². The van der Waals surface area contributed by atoms with Crippen LogP contribution in [0.3, 0.4) is 0 Å². The summed E-state index contributed by atoms with van der Waals surface area (Å²) >= 11 is 0. The van der Waals surface area contributed by atoms with E-state index in [1.54, 1.807) is 24.3 Å². The zero-order valence-corrected chi connectivity index (χ0v) is 9.05. The lowest BCUT2D eigenvalue weighted by molar-refractivity contribution is 0.0511. The Kier molecular flexibility index (Phi) is 3.31. The third kappa shape index (κ3) is 2.46. The van der Waals surface area contributed by atoms with E-state index in [9.17, 15) is 4.79 Å². The van der Waals surface area contributed by atoms with Crippen LogP contribution in [0.2, 0.25) is 0 Å². The molecule has 0 amide bonds.